The van der Waals surface area contributed by atoms with Crippen LogP contribution in [-0.2, 0) is 6.54 Å². The van der Waals surface area contributed by atoms with Crippen molar-refractivity contribution in [2.75, 3.05) is 5.73 Å². The first-order valence-electron chi connectivity index (χ1n) is 7.93. The number of imidazole rings is 1. The van der Waals surface area contributed by atoms with Crippen LogP contribution in [0.15, 0.2) is 18.2 Å². The first kappa shape index (κ1) is 17.8. The van der Waals surface area contributed by atoms with Crippen LogP contribution < -0.4 is 5.73 Å². The number of hydrogen-bond acceptors (Lipinski definition) is 5. The van der Waals surface area contributed by atoms with E-state index in [4.69, 9.17) is 5.73 Å². The second-order valence-electron chi connectivity index (χ2n) is 6.25. The van der Waals surface area contributed by atoms with Gasteiger partial charge in [0.1, 0.15) is 23.1 Å². The largest absolute Gasteiger partial charge is 0.382 e. The van der Waals surface area contributed by atoms with Gasteiger partial charge in [-0.1, -0.05) is 5.92 Å². The number of anilines is 1. The lowest BCUT2D eigenvalue weighted by molar-refractivity contribution is 0.143. The van der Waals surface area contributed by atoms with Crippen molar-refractivity contribution in [1.82, 2.24) is 19.5 Å². The molecule has 0 bridgehead atoms. The molecule has 0 fully saturated rings. The smallest absolute Gasteiger partial charge is 0.209 e. The Morgan fingerprint density at radius 1 is 1.15 bits per heavy atom. The van der Waals surface area contributed by atoms with Crippen molar-refractivity contribution in [3.63, 3.8) is 0 Å². The third-order valence-electron chi connectivity index (χ3n) is 3.54. The summed E-state index contributed by atoms with van der Waals surface area (Å²) in [7, 11) is 0. The minimum absolute atomic E-state index is 0.0976. The van der Waals surface area contributed by atoms with Crippen LogP contribution in [0.25, 0.3) is 22.6 Å². The third-order valence-corrected chi connectivity index (χ3v) is 3.54. The maximum Gasteiger partial charge on any atom is 0.209 e. The molecule has 0 unspecified atom stereocenters. The summed E-state index contributed by atoms with van der Waals surface area (Å²) in [5.41, 5.74) is 5.75. The molecular weight excluding hydrogens is 340 g/mol. The molecule has 0 spiro atoms. The molecule has 0 aliphatic carbocycles. The highest BCUT2D eigenvalue weighted by molar-refractivity contribution is 5.85. The Labute approximate surface area is 148 Å². The van der Waals surface area contributed by atoms with E-state index in [9.17, 15) is 13.9 Å². The predicted octanol–water partition coefficient (Wildman–Crippen LogP) is 2.50. The van der Waals surface area contributed by atoms with Crippen LogP contribution in [-0.4, -0.2) is 30.2 Å². The van der Waals surface area contributed by atoms with Crippen molar-refractivity contribution in [2.24, 2.45) is 0 Å². The average Bonchev–Trinajstić information content (AvgIpc) is 2.90. The molecule has 0 atom stereocenters. The lowest BCUT2D eigenvalue weighted by Gasteiger charge is -2.07. The molecule has 134 valence electrons. The molecule has 0 saturated heterocycles. The number of aliphatic hydroxyl groups is 1. The third kappa shape index (κ3) is 3.48. The van der Waals surface area contributed by atoms with Crippen LogP contribution in [0.4, 0.5) is 14.6 Å². The van der Waals surface area contributed by atoms with E-state index in [1.165, 1.54) is 26.0 Å². The normalized spacial score (nSPS) is 11.5. The molecule has 3 rings (SSSR count). The van der Waals surface area contributed by atoms with Crippen LogP contribution in [0, 0.1) is 23.5 Å². The minimum Gasteiger partial charge on any atom is -0.382 e. The number of aryl methyl sites for hydroxylation is 1. The van der Waals surface area contributed by atoms with Gasteiger partial charge in [0.05, 0.1) is 0 Å². The van der Waals surface area contributed by atoms with Crippen molar-refractivity contribution >= 4 is 17.0 Å². The Hall–Kier alpha value is -3.05. The Morgan fingerprint density at radius 3 is 2.38 bits per heavy atom. The van der Waals surface area contributed by atoms with Crippen molar-refractivity contribution in [1.29, 1.82) is 0 Å². The predicted molar refractivity (Wildman–Crippen MR) is 93.9 cm³/mol. The topological polar surface area (TPSA) is 89.9 Å². The number of nitrogen functional groups attached to an aromatic ring is 1. The molecule has 3 aromatic rings. The van der Waals surface area contributed by atoms with E-state index in [0.29, 0.717) is 23.5 Å². The summed E-state index contributed by atoms with van der Waals surface area (Å²) in [5.74, 6) is 4.44. The van der Waals surface area contributed by atoms with Gasteiger partial charge in [-0.2, -0.15) is 0 Å². The summed E-state index contributed by atoms with van der Waals surface area (Å²) in [4.78, 5) is 12.8. The Bertz CT molecular complexity index is 1040. The van der Waals surface area contributed by atoms with Gasteiger partial charge in [-0.15, -0.1) is 0 Å². The van der Waals surface area contributed by atoms with Gasteiger partial charge in [-0.05, 0) is 38.8 Å². The summed E-state index contributed by atoms with van der Waals surface area (Å²) in [6, 6.07) is 3.17. The molecular formula is C18H17F2N5O. The fourth-order valence-corrected chi connectivity index (χ4v) is 2.49. The number of fused-ring (bicyclic) bond motifs is 1. The summed E-state index contributed by atoms with van der Waals surface area (Å²) in [5, 5.41) is 9.72. The maximum absolute atomic E-state index is 13.6. The van der Waals surface area contributed by atoms with E-state index in [-0.39, 0.29) is 17.2 Å². The van der Waals surface area contributed by atoms with Gasteiger partial charge in [0.15, 0.2) is 17.0 Å². The lowest BCUT2D eigenvalue weighted by Crippen LogP contribution is -2.14. The molecule has 0 radical (unpaired) electrons. The highest BCUT2D eigenvalue weighted by Crippen LogP contribution is 2.27. The summed E-state index contributed by atoms with van der Waals surface area (Å²) in [6.07, 6.45) is 0. The zero-order valence-electron chi connectivity index (χ0n) is 14.5. The van der Waals surface area contributed by atoms with Crippen molar-refractivity contribution in [3.05, 3.63) is 35.7 Å². The molecule has 1 aromatic carbocycles. The summed E-state index contributed by atoms with van der Waals surface area (Å²) < 4.78 is 28.9. The highest BCUT2D eigenvalue weighted by atomic mass is 19.1. The van der Waals surface area contributed by atoms with E-state index in [1.54, 1.807) is 4.57 Å². The number of nitrogens with zero attached hydrogens (tertiary/aromatic N) is 4. The number of aromatic nitrogens is 4. The van der Waals surface area contributed by atoms with Crippen LogP contribution in [0.3, 0.4) is 0 Å². The zero-order valence-corrected chi connectivity index (χ0v) is 14.5. The molecule has 0 saturated carbocycles. The first-order chi connectivity index (χ1) is 12.2. The van der Waals surface area contributed by atoms with Gasteiger partial charge in [-0.25, -0.2) is 23.7 Å². The van der Waals surface area contributed by atoms with Crippen molar-refractivity contribution < 1.29 is 13.9 Å². The molecule has 2 heterocycles. The fraction of sp³-hybridized carbons (Fsp3) is 0.278. The van der Waals surface area contributed by atoms with Gasteiger partial charge in [0.25, 0.3) is 0 Å². The van der Waals surface area contributed by atoms with Crippen molar-refractivity contribution in [3.8, 4) is 23.2 Å². The quantitative estimate of drug-likeness (QED) is 0.688. The van der Waals surface area contributed by atoms with Crippen LogP contribution in [0.1, 0.15) is 26.6 Å². The van der Waals surface area contributed by atoms with Crippen LogP contribution >= 0.6 is 0 Å². The molecule has 3 N–H and O–H groups in total. The summed E-state index contributed by atoms with van der Waals surface area (Å²) >= 11 is 0. The fourth-order valence-electron chi connectivity index (χ4n) is 2.49. The molecule has 6 nitrogen and oxygen atoms in total. The summed E-state index contributed by atoms with van der Waals surface area (Å²) in [6.45, 7) is 5.36. The maximum atomic E-state index is 13.6. The number of halogens is 2. The van der Waals surface area contributed by atoms with E-state index >= 15 is 0 Å². The van der Waals surface area contributed by atoms with Gasteiger partial charge in [-0.3, -0.25) is 0 Å². The van der Waals surface area contributed by atoms with Crippen LogP contribution in [0.2, 0.25) is 0 Å². The molecule has 0 aliphatic rings. The lowest BCUT2D eigenvalue weighted by atomic mass is 10.1. The number of benzene rings is 1. The molecule has 0 aliphatic heterocycles. The van der Waals surface area contributed by atoms with E-state index < -0.39 is 17.2 Å². The standard InChI is InChI=1S/C18H17F2N5O/c1-4-25-16(10-7-11(19)9-12(20)8-10)24-14-15(21)22-13(23-17(14)25)5-6-18(2,3)26/h7-9,26H,4H2,1-3H3,(H2,21,22,23). The molecule has 0 amide bonds. The highest BCUT2D eigenvalue weighted by Gasteiger charge is 2.18. The van der Waals surface area contributed by atoms with Gasteiger partial charge in [0, 0.05) is 18.2 Å². The van der Waals surface area contributed by atoms with E-state index in [2.05, 4.69) is 26.8 Å². The zero-order chi connectivity index (χ0) is 19.1. The Morgan fingerprint density at radius 2 is 1.81 bits per heavy atom. The minimum atomic E-state index is -1.21. The SMILES string of the molecule is CCn1c(-c2cc(F)cc(F)c2)nc2c(N)nc(C#CC(C)(C)O)nc21. The van der Waals surface area contributed by atoms with E-state index in [0.717, 1.165) is 6.07 Å². The van der Waals surface area contributed by atoms with Gasteiger partial charge in [0.2, 0.25) is 5.82 Å². The monoisotopic (exact) mass is 357 g/mol. The van der Waals surface area contributed by atoms with Crippen LogP contribution in [0.5, 0.6) is 0 Å². The van der Waals surface area contributed by atoms with Crippen molar-refractivity contribution in [2.45, 2.75) is 32.9 Å². The molecule has 26 heavy (non-hydrogen) atoms. The van der Waals surface area contributed by atoms with Gasteiger partial charge >= 0.3 is 0 Å². The van der Waals surface area contributed by atoms with Gasteiger partial charge < -0.3 is 15.4 Å². The first-order valence-corrected chi connectivity index (χ1v) is 7.93. The number of nitrogens with two attached hydrogens (primary N) is 1. The molecule has 2 aromatic heterocycles. The number of rotatable bonds is 2. The second-order valence-corrected chi connectivity index (χ2v) is 6.25. The number of hydrogen-bond donors (Lipinski definition) is 2. The average molecular weight is 357 g/mol. The second kappa shape index (κ2) is 6.35. The van der Waals surface area contributed by atoms with E-state index in [1.807, 2.05) is 6.92 Å². The molecule has 8 heteroatoms. The Kier molecular flexibility index (Phi) is 4.34. The Balaban J connectivity index is 2.24.